The molecule has 2 N–H and O–H groups in total. The molecular formula is C5H4BN5W. The minimum atomic E-state index is 0. The molecule has 0 aliphatic rings. The third kappa shape index (κ3) is 1.22. The number of nitrogens with zero attached hydrogens (tertiary/aromatic N) is 4. The summed E-state index contributed by atoms with van der Waals surface area (Å²) < 4.78 is 1.43. The Bertz CT molecular complexity index is 400. The van der Waals surface area contributed by atoms with E-state index in [9.17, 15) is 0 Å². The monoisotopic (exact) mass is 329 g/mol. The van der Waals surface area contributed by atoms with Crippen molar-refractivity contribution in [2.75, 3.05) is 5.73 Å². The number of imidazole rings is 1. The van der Waals surface area contributed by atoms with Crippen LogP contribution >= 0.6 is 0 Å². The zero-order valence-corrected chi connectivity index (χ0v) is 8.94. The van der Waals surface area contributed by atoms with Crippen LogP contribution in [0.15, 0.2) is 12.5 Å². The molecule has 2 radical (unpaired) electrons. The number of hydrogen-bond acceptors (Lipinski definition) is 4. The van der Waals surface area contributed by atoms with Crippen LogP contribution in [0.25, 0.3) is 5.52 Å². The Hall–Kier alpha value is -0.897. The number of aromatic nitrogens is 4. The maximum Gasteiger partial charge on any atom is 0.170 e. The van der Waals surface area contributed by atoms with Gasteiger partial charge in [0.25, 0.3) is 0 Å². The minimum absolute atomic E-state index is 0. The average molecular weight is 329 g/mol. The van der Waals surface area contributed by atoms with E-state index in [4.69, 9.17) is 13.6 Å². The summed E-state index contributed by atoms with van der Waals surface area (Å²) in [6.07, 6.45) is 2.87. The normalized spacial score (nSPS) is 9.67. The molecule has 0 atom stereocenters. The third-order valence-corrected chi connectivity index (χ3v) is 1.39. The molecule has 0 saturated heterocycles. The van der Waals surface area contributed by atoms with Gasteiger partial charge in [-0.05, 0) is 0 Å². The smallest absolute Gasteiger partial charge is 0.170 e. The number of anilines is 1. The molecule has 0 saturated carbocycles. The molecule has 0 aromatic carbocycles. The first kappa shape index (κ1) is 9.19. The fourth-order valence-electron chi connectivity index (χ4n) is 0.862. The van der Waals surface area contributed by atoms with E-state index in [2.05, 4.69) is 15.1 Å². The van der Waals surface area contributed by atoms with Crippen LogP contribution in [0.1, 0.15) is 0 Å². The Labute approximate surface area is 84.1 Å². The number of hydrogen-bond donors (Lipinski definition) is 1. The number of rotatable bonds is 0. The van der Waals surface area contributed by atoms with Gasteiger partial charge in [-0.3, -0.25) is 4.98 Å². The molecule has 2 aromatic rings. The Morgan fingerprint density at radius 1 is 1.42 bits per heavy atom. The van der Waals surface area contributed by atoms with Gasteiger partial charge in [0.2, 0.25) is 0 Å². The van der Waals surface area contributed by atoms with E-state index in [0.717, 1.165) is 0 Å². The van der Waals surface area contributed by atoms with E-state index in [1.54, 1.807) is 0 Å². The van der Waals surface area contributed by atoms with Crippen LogP contribution in [0.5, 0.6) is 0 Å². The second-order valence-electron chi connectivity index (χ2n) is 2.06. The molecule has 2 rings (SSSR count). The van der Waals surface area contributed by atoms with Gasteiger partial charge in [0, 0.05) is 21.1 Å². The summed E-state index contributed by atoms with van der Waals surface area (Å²) in [5.74, 6) is 0.379. The van der Waals surface area contributed by atoms with Gasteiger partial charge in [-0.15, -0.1) is 0 Å². The number of nitrogen functional groups attached to an aromatic ring is 1. The van der Waals surface area contributed by atoms with Crippen LogP contribution in [0.4, 0.5) is 5.82 Å². The molecule has 0 amide bonds. The van der Waals surface area contributed by atoms with Gasteiger partial charge >= 0.3 is 0 Å². The first-order chi connectivity index (χ1) is 5.29. The van der Waals surface area contributed by atoms with E-state index in [0.29, 0.717) is 17.1 Å². The van der Waals surface area contributed by atoms with Gasteiger partial charge in [0.15, 0.2) is 13.7 Å². The van der Waals surface area contributed by atoms with Crippen molar-refractivity contribution in [3.63, 3.8) is 0 Å². The van der Waals surface area contributed by atoms with Crippen molar-refractivity contribution < 1.29 is 21.1 Å². The van der Waals surface area contributed by atoms with Crippen LogP contribution in [0.2, 0.25) is 0 Å². The van der Waals surface area contributed by atoms with Gasteiger partial charge in [-0.25, -0.2) is 9.50 Å². The topological polar surface area (TPSA) is 69.1 Å². The standard InChI is InChI=1S/C5H4BN5.W/c6-5-8-1-3-4(7)9-2-10-11(3)5;/h1-2H,(H2,7,9,10);. The van der Waals surface area contributed by atoms with Crippen molar-refractivity contribution in [1.29, 1.82) is 0 Å². The van der Waals surface area contributed by atoms with Gasteiger partial charge in [-0.1, -0.05) is 0 Å². The fourth-order valence-corrected chi connectivity index (χ4v) is 0.862. The fraction of sp³-hybridized carbons (Fsp3) is 0. The van der Waals surface area contributed by atoms with E-state index in [1.807, 2.05) is 0 Å². The Morgan fingerprint density at radius 2 is 2.17 bits per heavy atom. The van der Waals surface area contributed by atoms with E-state index < -0.39 is 0 Å². The second kappa shape index (κ2) is 3.23. The average Bonchev–Trinajstić information content (AvgIpc) is 2.35. The van der Waals surface area contributed by atoms with Gasteiger partial charge in [0.1, 0.15) is 11.8 Å². The summed E-state index contributed by atoms with van der Waals surface area (Å²) in [6, 6.07) is 0. The molecule has 0 bridgehead atoms. The molecule has 0 spiro atoms. The first-order valence-electron chi connectivity index (χ1n) is 2.99. The summed E-state index contributed by atoms with van der Waals surface area (Å²) in [6.45, 7) is 0. The molecule has 5 nitrogen and oxygen atoms in total. The number of nitrogens with two attached hydrogens (primary N) is 1. The Balaban J connectivity index is 0.000000720. The van der Waals surface area contributed by atoms with Gasteiger partial charge in [0.05, 0.1) is 11.9 Å². The second-order valence-corrected chi connectivity index (χ2v) is 2.06. The molecule has 0 aliphatic heterocycles. The maximum atomic E-state index is 5.50. The predicted octanol–water partition coefficient (Wildman–Crippen LogP) is -1.50. The van der Waals surface area contributed by atoms with Crippen molar-refractivity contribution in [1.82, 2.24) is 19.6 Å². The van der Waals surface area contributed by atoms with Crippen LogP contribution in [-0.4, -0.2) is 27.4 Å². The summed E-state index contributed by atoms with van der Waals surface area (Å²) in [5, 5.41) is 3.84. The number of fused-ring (bicyclic) bond motifs is 1. The summed E-state index contributed by atoms with van der Waals surface area (Å²) >= 11 is 0. The van der Waals surface area contributed by atoms with Crippen molar-refractivity contribution >= 4 is 24.9 Å². The van der Waals surface area contributed by atoms with Crippen LogP contribution in [-0.2, 0) is 21.1 Å². The summed E-state index contributed by atoms with van der Waals surface area (Å²) in [4.78, 5) is 7.59. The molecule has 12 heavy (non-hydrogen) atoms. The zero-order chi connectivity index (χ0) is 7.84. The molecule has 2 heterocycles. The molecule has 7 heteroatoms. The SMILES string of the molecule is [B]c1ncc2c(N)ncnn12.[W]. The Kier molecular flexibility index (Phi) is 2.47. The molecule has 0 aliphatic carbocycles. The molecular weight excluding hydrogens is 325 g/mol. The first-order valence-corrected chi connectivity index (χ1v) is 2.99. The van der Waals surface area contributed by atoms with Crippen molar-refractivity contribution in [3.05, 3.63) is 12.5 Å². The van der Waals surface area contributed by atoms with Gasteiger partial charge in [-0.2, -0.15) is 5.10 Å². The van der Waals surface area contributed by atoms with Crippen LogP contribution < -0.4 is 11.5 Å². The van der Waals surface area contributed by atoms with Crippen LogP contribution in [0.3, 0.4) is 0 Å². The summed E-state index contributed by atoms with van der Waals surface area (Å²) in [7, 11) is 5.45. The van der Waals surface area contributed by atoms with Crippen molar-refractivity contribution in [2.24, 2.45) is 0 Å². The molecule has 58 valence electrons. The largest absolute Gasteiger partial charge is 0.382 e. The Morgan fingerprint density at radius 3 is 2.83 bits per heavy atom. The van der Waals surface area contributed by atoms with Gasteiger partial charge < -0.3 is 5.73 Å². The van der Waals surface area contributed by atoms with E-state index in [-0.39, 0.29) is 21.1 Å². The van der Waals surface area contributed by atoms with E-state index in [1.165, 1.54) is 17.0 Å². The maximum absolute atomic E-state index is 5.50. The minimum Gasteiger partial charge on any atom is -0.382 e. The predicted molar refractivity (Wildman–Crippen MR) is 40.6 cm³/mol. The van der Waals surface area contributed by atoms with Crippen molar-refractivity contribution in [2.45, 2.75) is 0 Å². The molecule has 0 unspecified atom stereocenters. The van der Waals surface area contributed by atoms with Crippen LogP contribution in [0, 0.1) is 0 Å². The quantitative estimate of drug-likeness (QED) is 0.598. The summed E-state index contributed by atoms with van der Waals surface area (Å²) in [5.41, 5.74) is 6.45. The molecule has 2 aromatic heterocycles. The third-order valence-electron chi connectivity index (χ3n) is 1.39. The van der Waals surface area contributed by atoms with E-state index >= 15 is 0 Å². The van der Waals surface area contributed by atoms with Crippen molar-refractivity contribution in [3.8, 4) is 0 Å². The zero-order valence-electron chi connectivity index (χ0n) is 6.01. The molecule has 0 fully saturated rings.